The second kappa shape index (κ2) is 10.5. The summed E-state index contributed by atoms with van der Waals surface area (Å²) < 4.78 is 38.5. The van der Waals surface area contributed by atoms with Crippen molar-refractivity contribution < 1.29 is 22.7 Å². The average Bonchev–Trinajstić information content (AvgIpc) is 3.43. The van der Waals surface area contributed by atoms with Gasteiger partial charge >= 0.3 is 5.97 Å². The summed E-state index contributed by atoms with van der Waals surface area (Å²) in [5, 5.41) is 13.9. The number of carbonyl (C=O) groups is 1. The normalized spacial score (nSPS) is 18.6. The highest BCUT2D eigenvalue weighted by Gasteiger charge is 2.31. The molecule has 2 unspecified atom stereocenters. The van der Waals surface area contributed by atoms with Crippen LogP contribution in [0.15, 0.2) is 36.4 Å². The molecule has 2 atom stereocenters. The number of benzene rings is 2. The number of fused-ring (bicyclic) bond motifs is 1. The van der Waals surface area contributed by atoms with Crippen LogP contribution in [0.3, 0.4) is 0 Å². The standard InChI is InChI=1S/C26H30N4O5S2/c1-4-34-24(31)14-37(32,33)30-21-10-9-17-18(21)6-5-7-19(17)26-29-28-25(36-26)16-8-11-23(35-15(2)3)20(12-16)22-13-27-22/h5-8,11-12,15,21-22,27,30H,4,9-10,13-14H2,1-3H3. The minimum Gasteiger partial charge on any atom is -0.491 e. The van der Waals surface area contributed by atoms with E-state index < -0.39 is 27.8 Å². The van der Waals surface area contributed by atoms with Crippen molar-refractivity contribution in [2.75, 3.05) is 18.9 Å². The van der Waals surface area contributed by atoms with Crippen LogP contribution in [-0.2, 0) is 26.0 Å². The number of carbonyl (C=O) groups excluding carboxylic acids is 1. The summed E-state index contributed by atoms with van der Waals surface area (Å²) in [7, 11) is -3.82. The monoisotopic (exact) mass is 542 g/mol. The van der Waals surface area contributed by atoms with Gasteiger partial charge in [-0.25, -0.2) is 13.1 Å². The second-order valence-corrected chi connectivity index (χ2v) is 12.2. The summed E-state index contributed by atoms with van der Waals surface area (Å²) in [6.45, 7) is 6.75. The molecule has 0 saturated carbocycles. The fraction of sp³-hybridized carbons (Fsp3) is 0.423. The zero-order valence-corrected chi connectivity index (χ0v) is 22.6. The number of nitrogens with zero attached hydrogens (tertiary/aromatic N) is 2. The lowest BCUT2D eigenvalue weighted by Gasteiger charge is -2.14. The number of hydrogen-bond acceptors (Lipinski definition) is 9. The largest absolute Gasteiger partial charge is 0.491 e. The van der Waals surface area contributed by atoms with E-state index in [-0.39, 0.29) is 12.7 Å². The molecule has 1 aliphatic heterocycles. The van der Waals surface area contributed by atoms with Crippen molar-refractivity contribution in [1.82, 2.24) is 20.2 Å². The molecule has 2 aromatic carbocycles. The molecule has 2 N–H and O–H groups in total. The summed E-state index contributed by atoms with van der Waals surface area (Å²) in [5.41, 5.74) is 5.02. The predicted octanol–water partition coefficient (Wildman–Crippen LogP) is 3.77. The number of ether oxygens (including phenoxy) is 2. The van der Waals surface area contributed by atoms with Gasteiger partial charge in [-0.3, -0.25) is 4.79 Å². The van der Waals surface area contributed by atoms with Crippen molar-refractivity contribution >= 4 is 27.3 Å². The molecule has 37 heavy (non-hydrogen) atoms. The molecule has 1 aromatic heterocycles. The number of sulfonamides is 1. The maximum atomic E-state index is 12.5. The molecule has 9 nitrogen and oxygen atoms in total. The number of aromatic nitrogens is 2. The molecule has 0 amide bonds. The van der Waals surface area contributed by atoms with E-state index in [1.807, 2.05) is 44.2 Å². The van der Waals surface area contributed by atoms with E-state index >= 15 is 0 Å². The van der Waals surface area contributed by atoms with E-state index in [1.54, 1.807) is 6.92 Å². The van der Waals surface area contributed by atoms with E-state index in [0.717, 1.165) is 50.1 Å². The van der Waals surface area contributed by atoms with Crippen LogP contribution in [0.25, 0.3) is 21.1 Å². The first-order valence-corrected chi connectivity index (χ1v) is 14.9. The molecule has 1 aliphatic carbocycles. The molecule has 3 aromatic rings. The lowest BCUT2D eigenvalue weighted by Crippen LogP contribution is -2.33. The lowest BCUT2D eigenvalue weighted by atomic mass is 10.0. The first kappa shape index (κ1) is 25.8. The third kappa shape index (κ3) is 5.85. The molecule has 1 saturated heterocycles. The molecular weight excluding hydrogens is 512 g/mol. The smallest absolute Gasteiger partial charge is 0.322 e. The van der Waals surface area contributed by atoms with Gasteiger partial charge in [0, 0.05) is 35.3 Å². The zero-order valence-electron chi connectivity index (χ0n) is 21.0. The van der Waals surface area contributed by atoms with Crippen molar-refractivity contribution in [3.8, 4) is 26.9 Å². The highest BCUT2D eigenvalue weighted by atomic mass is 32.2. The Labute approximate surface area is 220 Å². The first-order valence-electron chi connectivity index (χ1n) is 12.4. The lowest BCUT2D eigenvalue weighted by molar-refractivity contribution is -0.139. The van der Waals surface area contributed by atoms with Gasteiger partial charge in [0.25, 0.3) is 0 Å². The van der Waals surface area contributed by atoms with Crippen LogP contribution in [0, 0.1) is 0 Å². The van der Waals surface area contributed by atoms with Gasteiger partial charge in [-0.05, 0) is 62.9 Å². The Morgan fingerprint density at radius 3 is 2.70 bits per heavy atom. The number of hydrogen-bond donors (Lipinski definition) is 2. The van der Waals surface area contributed by atoms with Crippen LogP contribution in [0.2, 0.25) is 0 Å². The van der Waals surface area contributed by atoms with E-state index in [2.05, 4.69) is 26.3 Å². The van der Waals surface area contributed by atoms with Crippen LogP contribution in [-0.4, -0.2) is 49.6 Å². The van der Waals surface area contributed by atoms with Crippen molar-refractivity contribution in [3.63, 3.8) is 0 Å². The molecule has 196 valence electrons. The first-order chi connectivity index (χ1) is 17.7. The Bertz CT molecular complexity index is 1420. The number of esters is 1. The Morgan fingerprint density at radius 2 is 1.97 bits per heavy atom. The maximum absolute atomic E-state index is 12.5. The highest BCUT2D eigenvalue weighted by Crippen LogP contribution is 2.41. The van der Waals surface area contributed by atoms with Crippen LogP contribution < -0.4 is 14.8 Å². The summed E-state index contributed by atoms with van der Waals surface area (Å²) in [4.78, 5) is 11.7. The van der Waals surface area contributed by atoms with Gasteiger partial charge in [0.2, 0.25) is 10.0 Å². The van der Waals surface area contributed by atoms with E-state index in [1.165, 1.54) is 11.3 Å². The van der Waals surface area contributed by atoms with Gasteiger partial charge in [0.05, 0.1) is 12.7 Å². The Balaban J connectivity index is 1.38. The SMILES string of the molecule is CCOC(=O)CS(=O)(=O)NC1CCc2c(-c3nnc(-c4ccc(OC(C)C)c(C5CN5)c4)s3)cccc21. The molecule has 2 heterocycles. The quantitative estimate of drug-likeness (QED) is 0.293. The van der Waals surface area contributed by atoms with Crippen molar-refractivity contribution in [1.29, 1.82) is 0 Å². The van der Waals surface area contributed by atoms with Gasteiger partial charge in [0.15, 0.2) is 5.75 Å². The fourth-order valence-electron chi connectivity index (χ4n) is 4.64. The Kier molecular flexibility index (Phi) is 7.30. The second-order valence-electron chi connectivity index (χ2n) is 9.44. The van der Waals surface area contributed by atoms with Crippen molar-refractivity contribution in [3.05, 3.63) is 53.1 Å². The molecule has 0 bridgehead atoms. The van der Waals surface area contributed by atoms with Gasteiger partial charge in [-0.1, -0.05) is 29.5 Å². The van der Waals surface area contributed by atoms with Gasteiger partial charge < -0.3 is 14.8 Å². The summed E-state index contributed by atoms with van der Waals surface area (Å²) in [6, 6.07) is 11.9. The van der Waals surface area contributed by atoms with E-state index in [0.29, 0.717) is 18.9 Å². The molecule has 1 fully saturated rings. The maximum Gasteiger partial charge on any atom is 0.322 e. The van der Waals surface area contributed by atoms with Gasteiger partial charge in [0.1, 0.15) is 15.8 Å². The molecule has 0 spiro atoms. The summed E-state index contributed by atoms with van der Waals surface area (Å²) in [6.07, 6.45) is 1.40. The third-order valence-corrected chi connectivity index (χ3v) is 8.53. The van der Waals surface area contributed by atoms with Crippen LogP contribution in [0.4, 0.5) is 0 Å². The third-order valence-electron chi connectivity index (χ3n) is 6.26. The van der Waals surface area contributed by atoms with Crippen LogP contribution in [0.1, 0.15) is 56.0 Å². The van der Waals surface area contributed by atoms with Gasteiger partial charge in [-0.2, -0.15) is 0 Å². The fourth-order valence-corrected chi connectivity index (χ4v) is 6.68. The van der Waals surface area contributed by atoms with Crippen molar-refractivity contribution in [2.45, 2.75) is 51.8 Å². The Hall–Kier alpha value is -2.86. The zero-order chi connectivity index (χ0) is 26.2. The van der Waals surface area contributed by atoms with Crippen LogP contribution >= 0.6 is 11.3 Å². The molecule has 0 radical (unpaired) electrons. The van der Waals surface area contributed by atoms with Crippen LogP contribution in [0.5, 0.6) is 5.75 Å². The minimum absolute atomic E-state index is 0.0927. The summed E-state index contributed by atoms with van der Waals surface area (Å²) >= 11 is 1.51. The van der Waals surface area contributed by atoms with Gasteiger partial charge in [-0.15, -0.1) is 10.2 Å². The number of rotatable bonds is 10. The Morgan fingerprint density at radius 1 is 1.19 bits per heavy atom. The highest BCUT2D eigenvalue weighted by molar-refractivity contribution is 7.90. The molecule has 2 aliphatic rings. The molecular formula is C26H30N4O5S2. The topological polar surface area (TPSA) is 129 Å². The number of nitrogens with one attached hydrogen (secondary N) is 2. The average molecular weight is 543 g/mol. The van der Waals surface area contributed by atoms with Crippen molar-refractivity contribution in [2.24, 2.45) is 0 Å². The van der Waals surface area contributed by atoms with E-state index in [9.17, 15) is 13.2 Å². The molecule has 5 rings (SSSR count). The summed E-state index contributed by atoms with van der Waals surface area (Å²) in [5.74, 6) is -0.561. The van der Waals surface area contributed by atoms with E-state index in [4.69, 9.17) is 9.47 Å². The molecule has 11 heteroatoms. The minimum atomic E-state index is -3.82. The predicted molar refractivity (Wildman–Crippen MR) is 142 cm³/mol.